The second-order valence-electron chi connectivity index (χ2n) is 5.99. The van der Waals surface area contributed by atoms with E-state index in [1.54, 1.807) is 0 Å². The Labute approximate surface area is 117 Å². The highest BCUT2D eigenvalue weighted by Gasteiger charge is 2.30. The highest BCUT2D eigenvalue weighted by atomic mass is 15.1. The van der Waals surface area contributed by atoms with Crippen LogP contribution in [0.2, 0.25) is 0 Å². The van der Waals surface area contributed by atoms with Gasteiger partial charge in [-0.25, -0.2) is 0 Å². The van der Waals surface area contributed by atoms with Gasteiger partial charge in [0.25, 0.3) is 0 Å². The van der Waals surface area contributed by atoms with Gasteiger partial charge in [-0.3, -0.25) is 0 Å². The maximum atomic E-state index is 6.75. The first-order chi connectivity index (χ1) is 9.10. The van der Waals surface area contributed by atoms with Gasteiger partial charge < -0.3 is 10.6 Å². The minimum absolute atomic E-state index is 0.301. The van der Waals surface area contributed by atoms with Crippen molar-refractivity contribution in [2.75, 3.05) is 19.6 Å². The molecule has 1 heterocycles. The van der Waals surface area contributed by atoms with Crippen LogP contribution in [0.15, 0.2) is 42.5 Å². The normalized spacial score (nSPS) is 19.9. The summed E-state index contributed by atoms with van der Waals surface area (Å²) < 4.78 is 0. The summed E-state index contributed by atoms with van der Waals surface area (Å²) in [5.41, 5.74) is 8.83. The van der Waals surface area contributed by atoms with Gasteiger partial charge in [0, 0.05) is 6.54 Å². The average Bonchev–Trinajstić information content (AvgIpc) is 2.40. The maximum Gasteiger partial charge on any atom is 0.0575 e. The van der Waals surface area contributed by atoms with Crippen molar-refractivity contribution >= 4 is 0 Å². The fourth-order valence-electron chi connectivity index (χ4n) is 3.07. The number of nitrogens with zero attached hydrogens (tertiary/aromatic N) is 1. The first-order valence-corrected chi connectivity index (χ1v) is 7.31. The van der Waals surface area contributed by atoms with Gasteiger partial charge in [-0.2, -0.15) is 0 Å². The van der Waals surface area contributed by atoms with Crippen LogP contribution in [-0.4, -0.2) is 24.5 Å². The van der Waals surface area contributed by atoms with Crippen molar-refractivity contribution in [3.05, 3.63) is 48.0 Å². The highest BCUT2D eigenvalue weighted by Crippen LogP contribution is 2.27. The Bertz CT molecular complexity index is 407. The van der Waals surface area contributed by atoms with Crippen LogP contribution in [0.5, 0.6) is 0 Å². The zero-order valence-electron chi connectivity index (χ0n) is 12.1. The van der Waals surface area contributed by atoms with E-state index in [1.165, 1.54) is 37.9 Å². The van der Waals surface area contributed by atoms with E-state index in [-0.39, 0.29) is 5.54 Å². The molecule has 1 aliphatic rings. The van der Waals surface area contributed by atoms with Crippen molar-refractivity contribution in [3.63, 3.8) is 0 Å². The summed E-state index contributed by atoms with van der Waals surface area (Å²) in [5, 5.41) is 0. The Kier molecular flexibility index (Phi) is 4.78. The molecular formula is C17H26N2. The topological polar surface area (TPSA) is 29.3 Å². The lowest BCUT2D eigenvalue weighted by Crippen LogP contribution is -2.49. The summed E-state index contributed by atoms with van der Waals surface area (Å²) in [5.74, 6) is 0. The van der Waals surface area contributed by atoms with Crippen LogP contribution in [0.3, 0.4) is 0 Å². The summed E-state index contributed by atoms with van der Waals surface area (Å²) >= 11 is 0. The van der Waals surface area contributed by atoms with Gasteiger partial charge in [-0.15, -0.1) is 6.58 Å². The summed E-state index contributed by atoms with van der Waals surface area (Å²) in [6.45, 7) is 9.43. The van der Waals surface area contributed by atoms with Gasteiger partial charge in [-0.1, -0.05) is 42.3 Å². The summed E-state index contributed by atoms with van der Waals surface area (Å²) in [6.07, 6.45) is 4.82. The van der Waals surface area contributed by atoms with Gasteiger partial charge in [0.1, 0.15) is 0 Å². The molecule has 1 aromatic rings. The second-order valence-corrected chi connectivity index (χ2v) is 5.99. The molecule has 0 aliphatic carbocycles. The van der Waals surface area contributed by atoms with Gasteiger partial charge in [-0.05, 0) is 44.8 Å². The molecule has 0 bridgehead atoms. The number of nitrogens with two attached hydrogens (primary N) is 1. The Balaban J connectivity index is 2.16. The predicted molar refractivity (Wildman–Crippen MR) is 82.0 cm³/mol. The molecule has 2 N–H and O–H groups in total. The van der Waals surface area contributed by atoms with Crippen molar-refractivity contribution < 1.29 is 0 Å². The Morgan fingerprint density at radius 3 is 2.42 bits per heavy atom. The van der Waals surface area contributed by atoms with E-state index in [2.05, 4.69) is 42.7 Å². The van der Waals surface area contributed by atoms with Crippen LogP contribution in [0.25, 0.3) is 0 Å². The number of likely N-dealkylation sites (tertiary alicyclic amines) is 1. The lowest BCUT2D eigenvalue weighted by Gasteiger charge is -2.38. The number of benzene rings is 1. The van der Waals surface area contributed by atoms with E-state index < -0.39 is 0 Å². The average molecular weight is 258 g/mol. The molecule has 104 valence electrons. The van der Waals surface area contributed by atoms with Crippen molar-refractivity contribution in [1.82, 2.24) is 4.90 Å². The minimum Gasteiger partial charge on any atom is -0.320 e. The molecule has 1 aromatic carbocycles. The molecule has 0 amide bonds. The number of piperidine rings is 1. The lowest BCUT2D eigenvalue weighted by molar-refractivity contribution is 0.176. The summed E-state index contributed by atoms with van der Waals surface area (Å²) in [7, 11) is 0. The van der Waals surface area contributed by atoms with Crippen molar-refractivity contribution in [1.29, 1.82) is 0 Å². The molecule has 2 heteroatoms. The fourth-order valence-corrected chi connectivity index (χ4v) is 3.07. The smallest absolute Gasteiger partial charge is 0.0575 e. The molecule has 0 saturated carbocycles. The molecule has 1 aliphatic heterocycles. The quantitative estimate of drug-likeness (QED) is 0.821. The third-order valence-corrected chi connectivity index (χ3v) is 3.92. The van der Waals surface area contributed by atoms with E-state index >= 15 is 0 Å². The van der Waals surface area contributed by atoms with Gasteiger partial charge in [0.2, 0.25) is 0 Å². The molecule has 1 unspecified atom stereocenters. The van der Waals surface area contributed by atoms with E-state index in [1.807, 2.05) is 6.07 Å². The molecule has 1 saturated heterocycles. The first kappa shape index (κ1) is 14.3. The molecule has 19 heavy (non-hydrogen) atoms. The highest BCUT2D eigenvalue weighted by molar-refractivity contribution is 5.26. The zero-order valence-corrected chi connectivity index (χ0v) is 12.1. The third kappa shape index (κ3) is 3.92. The van der Waals surface area contributed by atoms with Crippen LogP contribution >= 0.6 is 0 Å². The van der Waals surface area contributed by atoms with Crippen molar-refractivity contribution in [3.8, 4) is 0 Å². The van der Waals surface area contributed by atoms with Gasteiger partial charge in [0.05, 0.1) is 5.54 Å². The first-order valence-electron chi connectivity index (χ1n) is 7.31. The van der Waals surface area contributed by atoms with E-state index in [0.29, 0.717) is 0 Å². The lowest BCUT2D eigenvalue weighted by atomic mass is 9.84. The Hall–Kier alpha value is -1.12. The third-order valence-electron chi connectivity index (χ3n) is 3.92. The molecule has 2 nitrogen and oxygen atoms in total. The molecule has 0 radical (unpaired) electrons. The standard InChI is InChI=1S/C17H26N2/c1-15(2)13-17(18,16-9-5-3-6-10-16)14-19-11-7-4-8-12-19/h3,5-6,9-10H,1,4,7-8,11-14,18H2,2H3. The molecule has 1 fully saturated rings. The SMILES string of the molecule is C=C(C)CC(N)(CN1CCCCC1)c1ccccc1. The minimum atomic E-state index is -0.301. The van der Waals surface area contributed by atoms with Crippen LogP contribution in [0.1, 0.15) is 38.2 Å². The van der Waals surface area contributed by atoms with Crippen molar-refractivity contribution in [2.24, 2.45) is 5.73 Å². The molecule has 0 aromatic heterocycles. The molecular weight excluding hydrogens is 232 g/mol. The molecule has 0 spiro atoms. The summed E-state index contributed by atoms with van der Waals surface area (Å²) in [6, 6.07) is 10.5. The van der Waals surface area contributed by atoms with E-state index in [9.17, 15) is 0 Å². The van der Waals surface area contributed by atoms with Crippen LogP contribution in [0, 0.1) is 0 Å². The largest absolute Gasteiger partial charge is 0.320 e. The molecule has 2 rings (SSSR count). The van der Waals surface area contributed by atoms with Gasteiger partial charge >= 0.3 is 0 Å². The van der Waals surface area contributed by atoms with Gasteiger partial charge in [0.15, 0.2) is 0 Å². The number of rotatable bonds is 5. The zero-order chi connectivity index (χ0) is 13.7. The van der Waals surface area contributed by atoms with Crippen LogP contribution in [0.4, 0.5) is 0 Å². The van der Waals surface area contributed by atoms with E-state index in [0.717, 1.165) is 18.5 Å². The fraction of sp³-hybridized carbons (Fsp3) is 0.529. The number of hydrogen-bond acceptors (Lipinski definition) is 2. The Morgan fingerprint density at radius 1 is 1.21 bits per heavy atom. The summed E-state index contributed by atoms with van der Waals surface area (Å²) in [4.78, 5) is 2.51. The van der Waals surface area contributed by atoms with Crippen LogP contribution in [-0.2, 0) is 5.54 Å². The monoisotopic (exact) mass is 258 g/mol. The molecule has 1 atom stereocenters. The maximum absolute atomic E-state index is 6.75. The van der Waals surface area contributed by atoms with Crippen molar-refractivity contribution in [2.45, 2.75) is 38.1 Å². The van der Waals surface area contributed by atoms with E-state index in [4.69, 9.17) is 5.73 Å². The second kappa shape index (κ2) is 6.36. The predicted octanol–water partition coefficient (Wildman–Crippen LogP) is 3.29. The number of hydrogen-bond donors (Lipinski definition) is 1. The van der Waals surface area contributed by atoms with Crippen LogP contribution < -0.4 is 5.73 Å². The Morgan fingerprint density at radius 2 is 1.84 bits per heavy atom.